The van der Waals surface area contributed by atoms with Gasteiger partial charge in [-0.2, -0.15) is 24.4 Å². The van der Waals surface area contributed by atoms with Crippen molar-refractivity contribution in [1.82, 2.24) is 16.0 Å². The van der Waals surface area contributed by atoms with Crippen LogP contribution >= 0.6 is 24.4 Å². The Morgan fingerprint density at radius 1 is 0.964 bits per heavy atom. The van der Waals surface area contributed by atoms with Gasteiger partial charge in [0.15, 0.2) is 0 Å². The number of carboxylic acids is 2. The number of nitrogens with one attached hydrogen (secondary N) is 3. The molecular weight excluding hydrogens is 412 g/mol. The van der Waals surface area contributed by atoms with Gasteiger partial charge in [-0.25, -0.2) is 0 Å². The number of carbonyl (C=O) groups is 5. The molecule has 160 valence electrons. The molecular formula is C15H26N4O7S2. The van der Waals surface area contributed by atoms with Gasteiger partial charge in [0.25, 0.3) is 0 Å². The first-order valence-corrected chi connectivity index (χ1v) is 10.3. The van der Waals surface area contributed by atoms with Crippen molar-refractivity contribution in [3.63, 3.8) is 0 Å². The Morgan fingerprint density at radius 3 is 2.07 bits per heavy atom. The number of nitrogens with two attached hydrogens (primary N) is 1. The molecule has 0 radical (unpaired) electrons. The predicted molar refractivity (Wildman–Crippen MR) is 106 cm³/mol. The fourth-order valence-electron chi connectivity index (χ4n) is 1.95. The summed E-state index contributed by atoms with van der Waals surface area (Å²) in [5, 5.41) is 24.3. The Labute approximate surface area is 172 Å². The van der Waals surface area contributed by atoms with Gasteiger partial charge in [-0.05, 0) is 24.9 Å². The number of aliphatic carboxylic acids is 2. The molecule has 0 spiro atoms. The highest BCUT2D eigenvalue weighted by Crippen LogP contribution is 2.03. The summed E-state index contributed by atoms with van der Waals surface area (Å²) < 4.78 is 0. The minimum absolute atomic E-state index is 0.0881. The molecule has 0 bridgehead atoms. The summed E-state index contributed by atoms with van der Waals surface area (Å²) in [6.07, 6.45) is 1.66. The molecule has 3 atom stereocenters. The van der Waals surface area contributed by atoms with Crippen molar-refractivity contribution in [2.45, 2.75) is 37.4 Å². The quantitative estimate of drug-likeness (QED) is 0.151. The van der Waals surface area contributed by atoms with Crippen molar-refractivity contribution in [3.05, 3.63) is 0 Å². The molecule has 0 aromatic carbocycles. The van der Waals surface area contributed by atoms with Gasteiger partial charge in [0.2, 0.25) is 17.7 Å². The molecule has 0 saturated heterocycles. The molecule has 0 aliphatic heterocycles. The van der Waals surface area contributed by atoms with E-state index in [2.05, 4.69) is 28.6 Å². The number of carbonyl (C=O) groups excluding carboxylic acids is 3. The first-order chi connectivity index (χ1) is 13.1. The molecule has 0 aromatic heterocycles. The van der Waals surface area contributed by atoms with Gasteiger partial charge in [0.05, 0.1) is 6.04 Å². The molecule has 11 nitrogen and oxygen atoms in total. The number of thioether (sulfide) groups is 1. The summed E-state index contributed by atoms with van der Waals surface area (Å²) in [7, 11) is 0. The SMILES string of the molecule is CSCCC(NC(=O)C(CS)NC(=O)C(N)CCC(=O)O)C(=O)NCC(=O)O. The van der Waals surface area contributed by atoms with Crippen molar-refractivity contribution >= 4 is 54.1 Å². The van der Waals surface area contributed by atoms with Crippen molar-refractivity contribution in [2.24, 2.45) is 5.73 Å². The lowest BCUT2D eigenvalue weighted by molar-refractivity contribution is -0.139. The highest BCUT2D eigenvalue weighted by molar-refractivity contribution is 7.98. The van der Waals surface area contributed by atoms with Crippen LogP contribution in [0.1, 0.15) is 19.3 Å². The van der Waals surface area contributed by atoms with Gasteiger partial charge in [0.1, 0.15) is 18.6 Å². The van der Waals surface area contributed by atoms with Gasteiger partial charge >= 0.3 is 11.9 Å². The third-order valence-corrected chi connectivity index (χ3v) is 4.49. The second kappa shape index (κ2) is 14.1. The zero-order valence-corrected chi connectivity index (χ0v) is 17.1. The van der Waals surface area contributed by atoms with Crippen LogP contribution in [-0.4, -0.2) is 82.3 Å². The Hall–Kier alpha value is -1.99. The maximum absolute atomic E-state index is 12.4. The van der Waals surface area contributed by atoms with E-state index in [-0.39, 0.29) is 25.0 Å². The molecule has 0 heterocycles. The molecule has 0 rings (SSSR count). The normalized spacial score (nSPS) is 13.7. The van der Waals surface area contributed by atoms with E-state index in [9.17, 15) is 24.0 Å². The van der Waals surface area contributed by atoms with Crippen molar-refractivity contribution in [2.75, 3.05) is 24.3 Å². The van der Waals surface area contributed by atoms with Crippen LogP contribution in [0.5, 0.6) is 0 Å². The highest BCUT2D eigenvalue weighted by Gasteiger charge is 2.27. The molecule has 0 fully saturated rings. The standard InChI is InChI=1S/C15H26N4O7S2/c1-28-5-4-9(14(25)17-6-12(22)23)18-15(26)10(7-27)19-13(24)8(16)2-3-11(20)21/h8-10,27H,2-7,16H2,1H3,(H,17,25)(H,18,26)(H,19,24)(H,20,21)(H,22,23). The minimum atomic E-state index is -1.22. The number of thiol groups is 1. The second-order valence-corrected chi connectivity index (χ2v) is 7.09. The van der Waals surface area contributed by atoms with Crippen LogP contribution in [-0.2, 0) is 24.0 Å². The van der Waals surface area contributed by atoms with Gasteiger partial charge in [-0.15, -0.1) is 0 Å². The monoisotopic (exact) mass is 438 g/mol. The van der Waals surface area contributed by atoms with Crippen molar-refractivity contribution < 1.29 is 34.2 Å². The third-order valence-electron chi connectivity index (χ3n) is 3.48. The van der Waals surface area contributed by atoms with E-state index in [1.807, 2.05) is 6.26 Å². The first kappa shape index (κ1) is 26.0. The minimum Gasteiger partial charge on any atom is -0.481 e. The van der Waals surface area contributed by atoms with Crippen LogP contribution in [0.15, 0.2) is 0 Å². The van der Waals surface area contributed by atoms with Crippen LogP contribution in [0.3, 0.4) is 0 Å². The Kier molecular flexibility index (Phi) is 13.1. The van der Waals surface area contributed by atoms with Gasteiger partial charge < -0.3 is 31.9 Å². The maximum Gasteiger partial charge on any atom is 0.322 e. The fourth-order valence-corrected chi connectivity index (χ4v) is 2.67. The summed E-state index contributed by atoms with van der Waals surface area (Å²) in [4.78, 5) is 57.6. The molecule has 0 saturated carbocycles. The fraction of sp³-hybridized carbons (Fsp3) is 0.667. The molecule has 0 aliphatic rings. The summed E-state index contributed by atoms with van der Waals surface area (Å²) in [5.74, 6) is -3.95. The van der Waals surface area contributed by atoms with Gasteiger partial charge in [-0.1, -0.05) is 0 Å². The summed E-state index contributed by atoms with van der Waals surface area (Å²) in [6, 6.07) is -3.20. The smallest absolute Gasteiger partial charge is 0.322 e. The second-order valence-electron chi connectivity index (χ2n) is 5.74. The van der Waals surface area contributed by atoms with E-state index in [0.717, 1.165) is 0 Å². The lowest BCUT2D eigenvalue weighted by Crippen LogP contribution is -2.56. The average Bonchev–Trinajstić information content (AvgIpc) is 2.64. The molecule has 13 heteroatoms. The molecule has 0 aromatic rings. The molecule has 0 aliphatic carbocycles. The summed E-state index contributed by atoms with van der Waals surface area (Å²) in [6.45, 7) is -0.588. The van der Waals surface area contributed by atoms with Crippen LogP contribution in [0.25, 0.3) is 0 Å². The van der Waals surface area contributed by atoms with Crippen LogP contribution in [0.4, 0.5) is 0 Å². The predicted octanol–water partition coefficient (Wildman–Crippen LogP) is -1.97. The maximum atomic E-state index is 12.4. The molecule has 28 heavy (non-hydrogen) atoms. The molecule has 7 N–H and O–H groups in total. The highest BCUT2D eigenvalue weighted by atomic mass is 32.2. The van der Waals surface area contributed by atoms with E-state index < -0.39 is 54.3 Å². The lowest BCUT2D eigenvalue weighted by atomic mass is 10.1. The average molecular weight is 439 g/mol. The van der Waals surface area contributed by atoms with Gasteiger partial charge in [0, 0.05) is 12.2 Å². The zero-order chi connectivity index (χ0) is 21.7. The number of hydrogen-bond donors (Lipinski definition) is 7. The summed E-state index contributed by atoms with van der Waals surface area (Å²) in [5.41, 5.74) is 5.60. The largest absolute Gasteiger partial charge is 0.481 e. The zero-order valence-electron chi connectivity index (χ0n) is 15.3. The number of hydrogen-bond acceptors (Lipinski definition) is 8. The Morgan fingerprint density at radius 2 is 1.57 bits per heavy atom. The van der Waals surface area contributed by atoms with Crippen molar-refractivity contribution in [1.29, 1.82) is 0 Å². The topological polar surface area (TPSA) is 188 Å². The van der Waals surface area contributed by atoms with Crippen LogP contribution < -0.4 is 21.7 Å². The number of carboxylic acid groups (broad SMARTS) is 2. The lowest BCUT2D eigenvalue weighted by Gasteiger charge is -2.23. The van der Waals surface area contributed by atoms with E-state index >= 15 is 0 Å². The summed E-state index contributed by atoms with van der Waals surface area (Å²) >= 11 is 5.44. The Balaban J connectivity index is 4.88. The van der Waals surface area contributed by atoms with E-state index in [0.29, 0.717) is 5.75 Å². The van der Waals surface area contributed by atoms with Crippen LogP contribution in [0.2, 0.25) is 0 Å². The van der Waals surface area contributed by atoms with Crippen LogP contribution in [0, 0.1) is 0 Å². The van der Waals surface area contributed by atoms with E-state index in [4.69, 9.17) is 15.9 Å². The first-order valence-electron chi connectivity index (χ1n) is 8.29. The number of rotatable bonds is 14. The van der Waals surface area contributed by atoms with E-state index in [1.165, 1.54) is 11.8 Å². The third kappa shape index (κ3) is 11.0. The van der Waals surface area contributed by atoms with Crippen molar-refractivity contribution in [3.8, 4) is 0 Å². The molecule has 3 amide bonds. The number of amides is 3. The Bertz CT molecular complexity index is 577. The van der Waals surface area contributed by atoms with E-state index in [1.54, 1.807) is 0 Å². The van der Waals surface area contributed by atoms with Gasteiger partial charge in [-0.3, -0.25) is 24.0 Å². The molecule has 3 unspecified atom stereocenters.